The highest BCUT2D eigenvalue weighted by Crippen LogP contribution is 2.18. The van der Waals surface area contributed by atoms with E-state index < -0.39 is 0 Å². The van der Waals surface area contributed by atoms with Gasteiger partial charge in [0.2, 0.25) is 5.91 Å². The van der Waals surface area contributed by atoms with E-state index in [9.17, 15) is 4.79 Å². The first-order valence-electron chi connectivity index (χ1n) is 9.41. The molecule has 0 aliphatic carbocycles. The molecule has 6 heteroatoms. The van der Waals surface area contributed by atoms with Crippen molar-refractivity contribution in [2.75, 3.05) is 31.1 Å². The Morgan fingerprint density at radius 3 is 2.38 bits per heavy atom. The summed E-state index contributed by atoms with van der Waals surface area (Å²) in [5.41, 5.74) is 4.37. The van der Waals surface area contributed by atoms with Gasteiger partial charge in [0.1, 0.15) is 0 Å². The Kier molecular flexibility index (Phi) is 5.59. The van der Waals surface area contributed by atoms with Crippen molar-refractivity contribution in [1.29, 1.82) is 0 Å². The maximum absolute atomic E-state index is 12.8. The molecule has 2 aromatic heterocycles. The van der Waals surface area contributed by atoms with E-state index in [-0.39, 0.29) is 5.91 Å². The maximum Gasteiger partial charge on any atom is 0.227 e. The summed E-state index contributed by atoms with van der Waals surface area (Å²) in [5, 5.41) is 4.63. The SMILES string of the molecule is Cc1nn(CC(C)C)c(C)c1CC(=O)N1CCN(c2ccncc2)CC1. The summed E-state index contributed by atoms with van der Waals surface area (Å²) in [6, 6.07) is 4.04. The Hall–Kier alpha value is -2.37. The fourth-order valence-corrected chi connectivity index (χ4v) is 3.55. The van der Waals surface area contributed by atoms with Gasteiger partial charge in [0.05, 0.1) is 12.1 Å². The van der Waals surface area contributed by atoms with Gasteiger partial charge in [-0.2, -0.15) is 5.10 Å². The summed E-state index contributed by atoms with van der Waals surface area (Å²) in [6.07, 6.45) is 4.07. The molecule has 0 bridgehead atoms. The molecule has 0 spiro atoms. The Morgan fingerprint density at radius 1 is 1.12 bits per heavy atom. The van der Waals surface area contributed by atoms with E-state index >= 15 is 0 Å². The van der Waals surface area contributed by atoms with E-state index in [0.717, 1.165) is 49.7 Å². The first-order chi connectivity index (χ1) is 12.5. The molecule has 1 aliphatic rings. The van der Waals surface area contributed by atoms with Gasteiger partial charge in [-0.05, 0) is 31.9 Å². The zero-order valence-electron chi connectivity index (χ0n) is 16.3. The van der Waals surface area contributed by atoms with Gasteiger partial charge in [-0.1, -0.05) is 13.8 Å². The largest absolute Gasteiger partial charge is 0.368 e. The normalized spacial score (nSPS) is 15.0. The van der Waals surface area contributed by atoms with E-state index in [4.69, 9.17) is 0 Å². The monoisotopic (exact) mass is 355 g/mol. The molecule has 2 aromatic rings. The minimum atomic E-state index is 0.203. The highest BCUT2D eigenvalue weighted by atomic mass is 16.2. The third kappa shape index (κ3) is 4.06. The van der Waals surface area contributed by atoms with Crippen LogP contribution in [0, 0.1) is 19.8 Å². The summed E-state index contributed by atoms with van der Waals surface area (Å²) in [7, 11) is 0. The van der Waals surface area contributed by atoms with Gasteiger partial charge in [-0.3, -0.25) is 14.5 Å². The lowest BCUT2D eigenvalue weighted by atomic mass is 10.1. The number of anilines is 1. The van der Waals surface area contributed by atoms with Gasteiger partial charge in [0, 0.05) is 62.1 Å². The van der Waals surface area contributed by atoms with Gasteiger partial charge >= 0.3 is 0 Å². The number of piperazine rings is 1. The minimum absolute atomic E-state index is 0.203. The van der Waals surface area contributed by atoms with Crippen LogP contribution in [0.2, 0.25) is 0 Å². The van der Waals surface area contributed by atoms with E-state index in [2.05, 4.69) is 35.8 Å². The zero-order valence-corrected chi connectivity index (χ0v) is 16.3. The quantitative estimate of drug-likeness (QED) is 0.827. The van der Waals surface area contributed by atoms with Crippen molar-refractivity contribution in [2.24, 2.45) is 5.92 Å². The number of hydrogen-bond acceptors (Lipinski definition) is 4. The number of pyridine rings is 1. The predicted molar refractivity (Wildman–Crippen MR) is 103 cm³/mol. The highest BCUT2D eigenvalue weighted by Gasteiger charge is 2.23. The number of carbonyl (C=O) groups is 1. The highest BCUT2D eigenvalue weighted by molar-refractivity contribution is 5.79. The topological polar surface area (TPSA) is 54.3 Å². The second-order valence-corrected chi connectivity index (χ2v) is 7.48. The number of nitrogens with zero attached hydrogens (tertiary/aromatic N) is 5. The lowest BCUT2D eigenvalue weighted by molar-refractivity contribution is -0.130. The second-order valence-electron chi connectivity index (χ2n) is 7.48. The average molecular weight is 355 g/mol. The first-order valence-corrected chi connectivity index (χ1v) is 9.41. The van der Waals surface area contributed by atoms with Crippen LogP contribution in [0.4, 0.5) is 5.69 Å². The molecule has 1 saturated heterocycles. The zero-order chi connectivity index (χ0) is 18.7. The van der Waals surface area contributed by atoms with E-state index in [1.165, 1.54) is 5.69 Å². The molecule has 1 amide bonds. The third-order valence-electron chi connectivity index (χ3n) is 5.06. The predicted octanol–water partition coefficient (Wildman–Crippen LogP) is 2.44. The van der Waals surface area contributed by atoms with Crippen molar-refractivity contribution in [3.8, 4) is 0 Å². The lowest BCUT2D eigenvalue weighted by Gasteiger charge is -2.36. The van der Waals surface area contributed by atoms with Crippen LogP contribution in [0.25, 0.3) is 0 Å². The number of carbonyl (C=O) groups excluding carboxylic acids is 1. The van der Waals surface area contributed by atoms with Crippen LogP contribution in [0.5, 0.6) is 0 Å². The fraction of sp³-hybridized carbons (Fsp3) is 0.550. The molecule has 0 atom stereocenters. The van der Waals surface area contributed by atoms with E-state index in [1.807, 2.05) is 41.0 Å². The number of aryl methyl sites for hydroxylation is 1. The first kappa shape index (κ1) is 18.4. The number of rotatable bonds is 5. The van der Waals surface area contributed by atoms with Crippen molar-refractivity contribution in [1.82, 2.24) is 19.7 Å². The van der Waals surface area contributed by atoms with Crippen LogP contribution in [0.1, 0.15) is 30.8 Å². The molecule has 0 aromatic carbocycles. The minimum Gasteiger partial charge on any atom is -0.368 e. The molecule has 0 unspecified atom stereocenters. The van der Waals surface area contributed by atoms with Crippen molar-refractivity contribution in [3.05, 3.63) is 41.5 Å². The average Bonchev–Trinajstić information content (AvgIpc) is 2.89. The Morgan fingerprint density at radius 2 is 1.77 bits per heavy atom. The Bertz CT molecular complexity index is 745. The molecule has 140 valence electrons. The second kappa shape index (κ2) is 7.89. The Balaban J connectivity index is 1.60. The number of amides is 1. The molecule has 0 N–H and O–H groups in total. The summed E-state index contributed by atoms with van der Waals surface area (Å²) in [4.78, 5) is 21.2. The van der Waals surface area contributed by atoms with Gasteiger partial charge < -0.3 is 9.80 Å². The van der Waals surface area contributed by atoms with Crippen LogP contribution in [-0.4, -0.2) is 51.8 Å². The van der Waals surface area contributed by atoms with Crippen LogP contribution < -0.4 is 4.90 Å². The standard InChI is InChI=1S/C20H29N5O/c1-15(2)14-25-17(4)19(16(3)22-25)13-20(26)24-11-9-23(10-12-24)18-5-7-21-8-6-18/h5-8,15H,9-14H2,1-4H3. The molecule has 0 radical (unpaired) electrons. The summed E-state index contributed by atoms with van der Waals surface area (Å²) in [5.74, 6) is 0.743. The number of hydrogen-bond donors (Lipinski definition) is 0. The van der Waals surface area contributed by atoms with Crippen LogP contribution in [-0.2, 0) is 17.8 Å². The van der Waals surface area contributed by atoms with Crippen LogP contribution >= 0.6 is 0 Å². The summed E-state index contributed by atoms with van der Waals surface area (Å²) < 4.78 is 2.05. The molecule has 26 heavy (non-hydrogen) atoms. The lowest BCUT2D eigenvalue weighted by Crippen LogP contribution is -2.49. The molecule has 3 rings (SSSR count). The van der Waals surface area contributed by atoms with Crippen molar-refractivity contribution in [2.45, 2.75) is 40.7 Å². The fourth-order valence-electron chi connectivity index (χ4n) is 3.55. The maximum atomic E-state index is 12.8. The van der Waals surface area contributed by atoms with E-state index in [0.29, 0.717) is 12.3 Å². The van der Waals surface area contributed by atoms with Crippen LogP contribution in [0.3, 0.4) is 0 Å². The van der Waals surface area contributed by atoms with Gasteiger partial charge in [0.25, 0.3) is 0 Å². The molecule has 0 saturated carbocycles. The molecule has 6 nitrogen and oxygen atoms in total. The third-order valence-corrected chi connectivity index (χ3v) is 5.06. The molecule has 1 aliphatic heterocycles. The number of aromatic nitrogens is 3. The van der Waals surface area contributed by atoms with Crippen molar-refractivity contribution >= 4 is 11.6 Å². The van der Waals surface area contributed by atoms with Crippen molar-refractivity contribution in [3.63, 3.8) is 0 Å². The summed E-state index contributed by atoms with van der Waals surface area (Å²) >= 11 is 0. The van der Waals surface area contributed by atoms with E-state index in [1.54, 1.807) is 0 Å². The molecular weight excluding hydrogens is 326 g/mol. The molecular formula is C20H29N5O. The molecule has 1 fully saturated rings. The molecule has 3 heterocycles. The van der Waals surface area contributed by atoms with Gasteiger partial charge in [-0.15, -0.1) is 0 Å². The van der Waals surface area contributed by atoms with Gasteiger partial charge in [-0.25, -0.2) is 0 Å². The smallest absolute Gasteiger partial charge is 0.227 e. The Labute approximate surface area is 155 Å². The van der Waals surface area contributed by atoms with Gasteiger partial charge in [0.15, 0.2) is 0 Å². The van der Waals surface area contributed by atoms with Crippen LogP contribution in [0.15, 0.2) is 24.5 Å². The summed E-state index contributed by atoms with van der Waals surface area (Å²) in [6.45, 7) is 12.6. The van der Waals surface area contributed by atoms with Crippen molar-refractivity contribution < 1.29 is 4.79 Å².